The van der Waals surface area contributed by atoms with Gasteiger partial charge >= 0.3 is 5.97 Å². The fraction of sp³-hybridized carbons (Fsp3) is 0.640. The Kier molecular flexibility index (Phi) is 6.77. The number of esters is 1. The molecule has 3 heterocycles. The summed E-state index contributed by atoms with van der Waals surface area (Å²) in [7, 11) is 0. The Labute approximate surface area is 194 Å². The van der Waals surface area contributed by atoms with Gasteiger partial charge in [0.1, 0.15) is 11.6 Å². The number of hydrogen-bond donors (Lipinski definition) is 2. The van der Waals surface area contributed by atoms with Crippen molar-refractivity contribution in [3.63, 3.8) is 0 Å². The molecule has 1 aromatic carbocycles. The smallest absolute Gasteiger partial charge is 0.312 e. The molecule has 3 aliphatic rings. The predicted octanol–water partition coefficient (Wildman–Crippen LogP) is 1.96. The second kappa shape index (κ2) is 9.43. The molecule has 2 bridgehead atoms. The Morgan fingerprint density at radius 3 is 2.67 bits per heavy atom. The van der Waals surface area contributed by atoms with E-state index in [4.69, 9.17) is 9.47 Å². The molecule has 3 fully saturated rings. The van der Waals surface area contributed by atoms with Crippen molar-refractivity contribution in [3.8, 4) is 0 Å². The van der Waals surface area contributed by atoms with E-state index >= 15 is 0 Å². The lowest BCUT2D eigenvalue weighted by Gasteiger charge is -2.37. The third kappa shape index (κ3) is 3.83. The minimum atomic E-state index is -1.10. The molecule has 1 unspecified atom stereocenters. The first kappa shape index (κ1) is 23.7. The Hall–Kier alpha value is -2.45. The molecule has 33 heavy (non-hydrogen) atoms. The second-order valence-corrected chi connectivity index (χ2v) is 9.36. The fourth-order valence-electron chi connectivity index (χ4n) is 6.09. The van der Waals surface area contributed by atoms with Crippen LogP contribution >= 0.6 is 0 Å². The molecule has 2 N–H and O–H groups in total. The fourth-order valence-corrected chi connectivity index (χ4v) is 6.09. The number of fused-ring (bicyclic) bond motifs is 1. The van der Waals surface area contributed by atoms with Crippen LogP contribution in [0.5, 0.6) is 0 Å². The van der Waals surface area contributed by atoms with E-state index in [1.165, 1.54) is 4.90 Å². The number of likely N-dealkylation sites (tertiary alicyclic amines) is 1. The number of benzene rings is 1. The van der Waals surface area contributed by atoms with Crippen LogP contribution in [-0.2, 0) is 23.9 Å². The monoisotopic (exact) mass is 458 g/mol. The number of hydrogen-bond acceptors (Lipinski definition) is 6. The molecule has 0 aliphatic carbocycles. The van der Waals surface area contributed by atoms with Crippen molar-refractivity contribution in [1.29, 1.82) is 0 Å². The van der Waals surface area contributed by atoms with E-state index in [1.807, 2.05) is 44.2 Å². The number of carbonyl (C=O) groups is 3. The first-order valence-electron chi connectivity index (χ1n) is 12.0. The van der Waals surface area contributed by atoms with Gasteiger partial charge in [-0.15, -0.1) is 0 Å². The molecular weight excluding hydrogens is 424 g/mol. The van der Waals surface area contributed by atoms with Crippen LogP contribution in [0.15, 0.2) is 30.3 Å². The van der Waals surface area contributed by atoms with Gasteiger partial charge in [-0.2, -0.15) is 0 Å². The Morgan fingerprint density at radius 2 is 2.03 bits per heavy atom. The molecule has 8 heteroatoms. The predicted molar refractivity (Wildman–Crippen MR) is 120 cm³/mol. The van der Waals surface area contributed by atoms with Crippen molar-refractivity contribution >= 4 is 17.8 Å². The minimum Gasteiger partial charge on any atom is -0.466 e. The molecule has 7 atom stereocenters. The minimum absolute atomic E-state index is 0.0707. The topological polar surface area (TPSA) is 105 Å². The van der Waals surface area contributed by atoms with Gasteiger partial charge in [-0.05, 0) is 38.7 Å². The molecule has 0 saturated carbocycles. The molecule has 0 aromatic heterocycles. The average molecular weight is 459 g/mol. The third-order valence-corrected chi connectivity index (χ3v) is 7.35. The zero-order valence-corrected chi connectivity index (χ0v) is 19.5. The number of rotatable bonds is 9. The quantitative estimate of drug-likeness (QED) is 0.548. The largest absolute Gasteiger partial charge is 0.466 e. The summed E-state index contributed by atoms with van der Waals surface area (Å²) in [5, 5.41) is 13.4. The molecule has 3 aliphatic heterocycles. The summed E-state index contributed by atoms with van der Waals surface area (Å²) in [5.41, 5.74) is -0.372. The highest BCUT2D eigenvalue weighted by atomic mass is 16.6. The summed E-state index contributed by atoms with van der Waals surface area (Å²) in [5.74, 6) is -2.63. The van der Waals surface area contributed by atoms with E-state index in [-0.39, 0.29) is 31.1 Å². The van der Waals surface area contributed by atoms with Gasteiger partial charge in [-0.3, -0.25) is 14.4 Å². The first-order valence-corrected chi connectivity index (χ1v) is 12.0. The highest BCUT2D eigenvalue weighted by Gasteiger charge is 2.75. The molecule has 1 aromatic rings. The van der Waals surface area contributed by atoms with Gasteiger partial charge in [0.15, 0.2) is 0 Å². The first-order chi connectivity index (χ1) is 15.9. The van der Waals surface area contributed by atoms with Crippen LogP contribution in [0.4, 0.5) is 0 Å². The van der Waals surface area contributed by atoms with Gasteiger partial charge in [-0.25, -0.2) is 0 Å². The number of ether oxygens (including phenoxy) is 2. The van der Waals surface area contributed by atoms with Crippen LogP contribution in [0.1, 0.15) is 58.1 Å². The summed E-state index contributed by atoms with van der Waals surface area (Å²) >= 11 is 0. The van der Waals surface area contributed by atoms with Crippen molar-refractivity contribution < 1.29 is 29.0 Å². The summed E-state index contributed by atoms with van der Waals surface area (Å²) in [4.78, 5) is 41.9. The zero-order valence-electron chi connectivity index (χ0n) is 19.5. The Morgan fingerprint density at radius 1 is 1.30 bits per heavy atom. The van der Waals surface area contributed by atoms with E-state index in [0.29, 0.717) is 12.8 Å². The second-order valence-electron chi connectivity index (χ2n) is 9.36. The van der Waals surface area contributed by atoms with Gasteiger partial charge < -0.3 is 24.8 Å². The summed E-state index contributed by atoms with van der Waals surface area (Å²) in [6.45, 7) is 5.58. The maximum atomic E-state index is 13.9. The molecular formula is C25H34N2O6. The van der Waals surface area contributed by atoms with Gasteiger partial charge in [0.05, 0.1) is 37.2 Å². The zero-order chi connectivity index (χ0) is 23.8. The number of nitrogens with zero attached hydrogens (tertiary/aromatic N) is 1. The van der Waals surface area contributed by atoms with Crippen molar-refractivity contribution in [2.45, 2.75) is 76.3 Å². The standard InChI is InChI=1S/C25H34N2O6/c1-4-9-15(3)26-22(29)21-25-13-12-18(33-25)19(24(31)32-5-2)20(25)23(30)27(21)17(14-28)16-10-7-6-8-11-16/h6-8,10-11,15,17-21,28H,4-5,9,12-14H2,1-3H3,(H,26,29)/t15?,17-,18+,19-,20-,21+,25-/m1/s1. The van der Waals surface area contributed by atoms with E-state index in [2.05, 4.69) is 5.32 Å². The average Bonchev–Trinajstić information content (AvgIpc) is 3.43. The van der Waals surface area contributed by atoms with Crippen LogP contribution in [0, 0.1) is 11.8 Å². The molecule has 0 radical (unpaired) electrons. The van der Waals surface area contributed by atoms with Crippen molar-refractivity contribution in [1.82, 2.24) is 10.2 Å². The van der Waals surface area contributed by atoms with Crippen LogP contribution in [0.25, 0.3) is 0 Å². The molecule has 180 valence electrons. The van der Waals surface area contributed by atoms with E-state index in [1.54, 1.807) is 6.92 Å². The van der Waals surface area contributed by atoms with Gasteiger partial charge in [0.2, 0.25) is 11.8 Å². The lowest BCUT2D eigenvalue weighted by Crippen LogP contribution is -2.57. The SMILES string of the molecule is CCCC(C)NC(=O)[C@@H]1N([C@H](CO)c2ccccc2)C(=O)[C@H]2[C@H](C(=O)OCC)[C@@H]3CC[C@]12O3. The number of aliphatic hydroxyl groups is 1. The molecule has 4 rings (SSSR count). The summed E-state index contributed by atoms with van der Waals surface area (Å²) in [6, 6.07) is 7.45. The van der Waals surface area contributed by atoms with Crippen LogP contribution < -0.4 is 5.32 Å². The third-order valence-electron chi connectivity index (χ3n) is 7.35. The number of carbonyl (C=O) groups excluding carboxylic acids is 3. The highest BCUT2D eigenvalue weighted by molar-refractivity contribution is 5.98. The van der Waals surface area contributed by atoms with Gasteiger partial charge in [0, 0.05) is 6.04 Å². The van der Waals surface area contributed by atoms with Crippen molar-refractivity contribution in [2.24, 2.45) is 11.8 Å². The summed E-state index contributed by atoms with van der Waals surface area (Å²) < 4.78 is 11.7. The highest BCUT2D eigenvalue weighted by Crippen LogP contribution is 2.59. The van der Waals surface area contributed by atoms with Gasteiger partial charge in [0.25, 0.3) is 0 Å². The van der Waals surface area contributed by atoms with Crippen LogP contribution in [0.2, 0.25) is 0 Å². The Balaban J connectivity index is 1.77. The Bertz CT molecular complexity index is 892. The maximum absolute atomic E-state index is 13.9. The van der Waals surface area contributed by atoms with Gasteiger partial charge in [-0.1, -0.05) is 43.7 Å². The van der Waals surface area contributed by atoms with Crippen LogP contribution in [-0.4, -0.2) is 64.8 Å². The normalized spacial score (nSPS) is 31.9. The number of amides is 2. The summed E-state index contributed by atoms with van der Waals surface area (Å²) in [6.07, 6.45) is 2.38. The van der Waals surface area contributed by atoms with Crippen molar-refractivity contribution in [2.75, 3.05) is 13.2 Å². The lowest BCUT2D eigenvalue weighted by molar-refractivity contribution is -0.155. The molecule has 3 saturated heterocycles. The molecule has 8 nitrogen and oxygen atoms in total. The van der Waals surface area contributed by atoms with E-state index in [9.17, 15) is 19.5 Å². The lowest BCUT2D eigenvalue weighted by atomic mass is 9.70. The number of aliphatic hydroxyl groups excluding tert-OH is 1. The van der Waals surface area contributed by atoms with E-state index < -0.39 is 41.6 Å². The molecule has 2 amide bonds. The molecule has 1 spiro atoms. The number of nitrogens with one attached hydrogen (secondary N) is 1. The maximum Gasteiger partial charge on any atom is 0.312 e. The van der Waals surface area contributed by atoms with Crippen LogP contribution in [0.3, 0.4) is 0 Å². The van der Waals surface area contributed by atoms with Crippen molar-refractivity contribution in [3.05, 3.63) is 35.9 Å². The van der Waals surface area contributed by atoms with E-state index in [0.717, 1.165) is 18.4 Å².